The lowest BCUT2D eigenvalue weighted by atomic mass is 10.1. The molecule has 1 unspecified atom stereocenters. The minimum absolute atomic E-state index is 0.0906. The summed E-state index contributed by atoms with van der Waals surface area (Å²) in [5.74, 6) is 1.14. The molecule has 1 N–H and O–H groups in total. The first-order chi connectivity index (χ1) is 10.1. The van der Waals surface area contributed by atoms with E-state index in [2.05, 4.69) is 21.2 Å². The third-order valence-electron chi connectivity index (χ3n) is 3.10. The number of amides is 1. The summed E-state index contributed by atoms with van der Waals surface area (Å²) in [5.41, 5.74) is 0.431. The Labute approximate surface area is 134 Å². The maximum atomic E-state index is 12.4. The Hall–Kier alpha value is -1.43. The molecule has 5 nitrogen and oxygen atoms in total. The van der Waals surface area contributed by atoms with Crippen molar-refractivity contribution in [3.63, 3.8) is 0 Å². The molecule has 0 heterocycles. The summed E-state index contributed by atoms with van der Waals surface area (Å²) in [6.07, 6.45) is 1.91. The van der Waals surface area contributed by atoms with Gasteiger partial charge in [-0.25, -0.2) is 0 Å². The van der Waals surface area contributed by atoms with Crippen LogP contribution < -0.4 is 19.5 Å². The quantitative estimate of drug-likeness (QED) is 0.724. The number of hydrogen-bond donors (Lipinski definition) is 1. The second-order valence-electron chi connectivity index (χ2n) is 4.59. The Kier molecular flexibility index (Phi) is 7.36. The molecule has 0 aliphatic heterocycles. The van der Waals surface area contributed by atoms with E-state index in [4.69, 9.17) is 14.2 Å². The minimum Gasteiger partial charge on any atom is -0.493 e. The highest BCUT2D eigenvalue weighted by Gasteiger charge is 2.21. The van der Waals surface area contributed by atoms with E-state index in [1.807, 2.05) is 6.92 Å². The smallest absolute Gasteiger partial charge is 0.255 e. The number of nitrogens with one attached hydrogen (secondary N) is 1. The van der Waals surface area contributed by atoms with Crippen LogP contribution in [-0.4, -0.2) is 38.6 Å². The molecule has 0 aromatic heterocycles. The van der Waals surface area contributed by atoms with Crippen LogP contribution in [0.25, 0.3) is 0 Å². The summed E-state index contributed by atoms with van der Waals surface area (Å²) < 4.78 is 15.8. The van der Waals surface area contributed by atoms with Crippen LogP contribution >= 0.6 is 15.9 Å². The van der Waals surface area contributed by atoms with Gasteiger partial charge >= 0.3 is 0 Å². The second kappa shape index (κ2) is 8.77. The fourth-order valence-electron chi connectivity index (χ4n) is 2.04. The molecule has 1 aromatic carbocycles. The SMILES string of the molecule is COc1ccc(C(=O)NC(C)CCCBr)c(OC)c1OC. The fourth-order valence-corrected chi connectivity index (χ4v) is 2.36. The van der Waals surface area contributed by atoms with Crippen LogP contribution in [0.5, 0.6) is 17.2 Å². The van der Waals surface area contributed by atoms with Crippen LogP contribution in [0.4, 0.5) is 0 Å². The number of ether oxygens (including phenoxy) is 3. The van der Waals surface area contributed by atoms with Gasteiger partial charge in [-0.3, -0.25) is 4.79 Å². The zero-order chi connectivity index (χ0) is 15.8. The van der Waals surface area contributed by atoms with E-state index in [0.29, 0.717) is 22.8 Å². The van der Waals surface area contributed by atoms with E-state index >= 15 is 0 Å². The second-order valence-corrected chi connectivity index (χ2v) is 5.38. The third-order valence-corrected chi connectivity index (χ3v) is 3.66. The van der Waals surface area contributed by atoms with Crippen LogP contribution in [0.2, 0.25) is 0 Å². The molecule has 0 saturated carbocycles. The number of carbonyl (C=O) groups is 1. The molecule has 6 heteroatoms. The Balaban J connectivity index is 2.99. The van der Waals surface area contributed by atoms with Crippen molar-refractivity contribution in [1.29, 1.82) is 0 Å². The predicted molar refractivity (Wildman–Crippen MR) is 86.1 cm³/mol. The van der Waals surface area contributed by atoms with Gasteiger partial charge in [0.2, 0.25) is 5.75 Å². The van der Waals surface area contributed by atoms with Crippen LogP contribution in [0.15, 0.2) is 12.1 Å². The Morgan fingerprint density at radius 3 is 2.38 bits per heavy atom. The molecule has 0 saturated heterocycles. The molecule has 1 amide bonds. The van der Waals surface area contributed by atoms with E-state index in [1.165, 1.54) is 14.2 Å². The lowest BCUT2D eigenvalue weighted by Gasteiger charge is -2.17. The van der Waals surface area contributed by atoms with Crippen LogP contribution in [0, 0.1) is 0 Å². The summed E-state index contributed by atoms with van der Waals surface area (Å²) in [7, 11) is 4.56. The monoisotopic (exact) mass is 359 g/mol. The molecular weight excluding hydrogens is 338 g/mol. The lowest BCUT2D eigenvalue weighted by Crippen LogP contribution is -2.32. The number of rotatable bonds is 8. The number of methoxy groups -OCH3 is 3. The molecule has 0 aliphatic rings. The lowest BCUT2D eigenvalue weighted by molar-refractivity contribution is 0.0934. The summed E-state index contributed by atoms with van der Waals surface area (Å²) in [6.45, 7) is 1.98. The normalized spacial score (nSPS) is 11.7. The largest absolute Gasteiger partial charge is 0.493 e. The predicted octanol–water partition coefficient (Wildman–Crippen LogP) is 3.01. The van der Waals surface area contributed by atoms with Gasteiger partial charge in [0, 0.05) is 11.4 Å². The molecule has 1 atom stereocenters. The molecule has 0 spiro atoms. The van der Waals surface area contributed by atoms with Gasteiger partial charge in [-0.1, -0.05) is 15.9 Å². The number of hydrogen-bond acceptors (Lipinski definition) is 4. The molecule has 0 aliphatic carbocycles. The summed E-state index contributed by atoms with van der Waals surface area (Å²) in [5, 5.41) is 3.88. The molecule has 1 aromatic rings. The molecule has 118 valence electrons. The highest BCUT2D eigenvalue weighted by Crippen LogP contribution is 2.39. The van der Waals surface area contributed by atoms with Crippen molar-refractivity contribution in [2.24, 2.45) is 0 Å². The number of carbonyl (C=O) groups excluding carboxylic acids is 1. The zero-order valence-electron chi connectivity index (χ0n) is 12.9. The van der Waals surface area contributed by atoms with Gasteiger partial charge in [0.05, 0.1) is 26.9 Å². The van der Waals surface area contributed by atoms with Gasteiger partial charge < -0.3 is 19.5 Å². The van der Waals surface area contributed by atoms with Crippen molar-refractivity contribution < 1.29 is 19.0 Å². The highest BCUT2D eigenvalue weighted by atomic mass is 79.9. The van der Waals surface area contributed by atoms with Gasteiger partial charge in [0.1, 0.15) is 0 Å². The Morgan fingerprint density at radius 1 is 1.19 bits per heavy atom. The van der Waals surface area contributed by atoms with E-state index in [9.17, 15) is 4.79 Å². The molecule has 0 fully saturated rings. The maximum Gasteiger partial charge on any atom is 0.255 e. The standard InChI is InChI=1S/C15H22BrNO4/c1-10(6-5-9-16)17-15(18)11-7-8-12(19-2)14(21-4)13(11)20-3/h7-8,10H,5-6,9H2,1-4H3,(H,17,18). The maximum absolute atomic E-state index is 12.4. The highest BCUT2D eigenvalue weighted by molar-refractivity contribution is 9.09. The topological polar surface area (TPSA) is 56.8 Å². The van der Waals surface area contributed by atoms with Crippen molar-refractivity contribution >= 4 is 21.8 Å². The van der Waals surface area contributed by atoms with Crippen LogP contribution in [0.3, 0.4) is 0 Å². The van der Waals surface area contributed by atoms with E-state index in [1.54, 1.807) is 19.2 Å². The zero-order valence-corrected chi connectivity index (χ0v) is 14.5. The average Bonchev–Trinajstić information content (AvgIpc) is 2.50. The van der Waals surface area contributed by atoms with Crippen molar-refractivity contribution in [1.82, 2.24) is 5.32 Å². The minimum atomic E-state index is -0.185. The van der Waals surface area contributed by atoms with Crippen molar-refractivity contribution in [3.8, 4) is 17.2 Å². The van der Waals surface area contributed by atoms with E-state index in [-0.39, 0.29) is 11.9 Å². The fraction of sp³-hybridized carbons (Fsp3) is 0.533. The summed E-state index contributed by atoms with van der Waals surface area (Å²) in [4.78, 5) is 12.4. The van der Waals surface area contributed by atoms with E-state index in [0.717, 1.165) is 18.2 Å². The number of alkyl halides is 1. The first-order valence-electron chi connectivity index (χ1n) is 6.74. The Bertz CT molecular complexity index is 479. The first-order valence-corrected chi connectivity index (χ1v) is 7.86. The van der Waals surface area contributed by atoms with E-state index < -0.39 is 0 Å². The van der Waals surface area contributed by atoms with Crippen LogP contribution in [-0.2, 0) is 0 Å². The first kappa shape index (κ1) is 17.6. The van der Waals surface area contributed by atoms with Crippen molar-refractivity contribution in [3.05, 3.63) is 17.7 Å². The summed E-state index contributed by atoms with van der Waals surface area (Å²) >= 11 is 3.38. The van der Waals surface area contributed by atoms with Gasteiger partial charge in [-0.05, 0) is 31.9 Å². The van der Waals surface area contributed by atoms with Gasteiger partial charge in [-0.2, -0.15) is 0 Å². The number of benzene rings is 1. The number of halogens is 1. The summed E-state index contributed by atoms with van der Waals surface area (Å²) in [6, 6.07) is 3.46. The average molecular weight is 360 g/mol. The molecule has 0 bridgehead atoms. The molecule has 21 heavy (non-hydrogen) atoms. The molecule has 0 radical (unpaired) electrons. The van der Waals surface area contributed by atoms with Crippen molar-refractivity contribution in [2.45, 2.75) is 25.8 Å². The van der Waals surface area contributed by atoms with Crippen molar-refractivity contribution in [2.75, 3.05) is 26.7 Å². The molecular formula is C15H22BrNO4. The third kappa shape index (κ3) is 4.52. The van der Waals surface area contributed by atoms with Gasteiger partial charge in [0.15, 0.2) is 11.5 Å². The van der Waals surface area contributed by atoms with Gasteiger partial charge in [-0.15, -0.1) is 0 Å². The Morgan fingerprint density at radius 2 is 1.86 bits per heavy atom. The molecule has 1 rings (SSSR count). The van der Waals surface area contributed by atoms with Crippen LogP contribution in [0.1, 0.15) is 30.1 Å². The van der Waals surface area contributed by atoms with Gasteiger partial charge in [0.25, 0.3) is 5.91 Å².